The normalized spacial score (nSPS) is 14.3. The minimum absolute atomic E-state index is 0.0121. The van der Waals surface area contributed by atoms with Gasteiger partial charge < -0.3 is 9.64 Å². The molecule has 1 N–H and O–H groups in total. The highest BCUT2D eigenvalue weighted by Gasteiger charge is 2.35. The van der Waals surface area contributed by atoms with Gasteiger partial charge in [0.1, 0.15) is 5.82 Å². The lowest BCUT2D eigenvalue weighted by Gasteiger charge is -2.27. The number of amides is 1. The van der Waals surface area contributed by atoms with Crippen molar-refractivity contribution in [3.05, 3.63) is 57.7 Å². The molecule has 2 aromatic rings. The van der Waals surface area contributed by atoms with Crippen LogP contribution in [0.25, 0.3) is 0 Å². The van der Waals surface area contributed by atoms with Gasteiger partial charge in [0, 0.05) is 22.7 Å². The Morgan fingerprint density at radius 1 is 1.27 bits per heavy atom. The molecule has 30 heavy (non-hydrogen) atoms. The van der Waals surface area contributed by atoms with Crippen LogP contribution in [0, 0.1) is 5.82 Å². The monoisotopic (exact) mass is 452 g/mol. The second kappa shape index (κ2) is 8.57. The molecule has 0 aliphatic carbocycles. The number of hydrogen-bond acceptors (Lipinski definition) is 6. The number of allylic oxidation sites excluding steroid dienone is 1. The average molecular weight is 453 g/mol. The van der Waals surface area contributed by atoms with Crippen molar-refractivity contribution in [1.82, 2.24) is 4.90 Å². The number of nitrogens with one attached hydrogen (secondary N) is 1. The first-order chi connectivity index (χ1) is 14.2. The Morgan fingerprint density at radius 2 is 1.93 bits per heavy atom. The first-order valence-electron chi connectivity index (χ1n) is 9.11. The molecule has 10 heteroatoms. The fourth-order valence-electron chi connectivity index (χ4n) is 3.14. The fourth-order valence-corrected chi connectivity index (χ4v) is 6.10. The topological polar surface area (TPSA) is 92.8 Å². The molecular formula is C20H21FN2O5S2. The molecule has 2 heterocycles. The molecular weight excluding hydrogens is 431 g/mol. The van der Waals surface area contributed by atoms with Gasteiger partial charge in [-0.15, -0.1) is 11.3 Å². The molecule has 0 saturated carbocycles. The van der Waals surface area contributed by atoms with E-state index in [1.165, 1.54) is 19.2 Å². The van der Waals surface area contributed by atoms with Crippen LogP contribution < -0.4 is 4.72 Å². The van der Waals surface area contributed by atoms with Crippen molar-refractivity contribution in [3.8, 4) is 0 Å². The molecule has 0 atom stereocenters. The Balaban J connectivity index is 2.01. The number of thiophene rings is 1. The van der Waals surface area contributed by atoms with E-state index in [-0.39, 0.29) is 27.9 Å². The highest BCUT2D eigenvalue weighted by Crippen LogP contribution is 2.37. The zero-order chi connectivity index (χ0) is 22.1. The van der Waals surface area contributed by atoms with Gasteiger partial charge in [0.25, 0.3) is 10.0 Å². The fraction of sp³-hybridized carbons (Fsp3) is 0.300. The number of esters is 1. The van der Waals surface area contributed by atoms with Gasteiger partial charge in [-0.1, -0.05) is 6.08 Å². The zero-order valence-electron chi connectivity index (χ0n) is 16.7. The molecule has 3 rings (SSSR count). The smallest absolute Gasteiger partial charge is 0.340 e. The van der Waals surface area contributed by atoms with Crippen molar-refractivity contribution >= 4 is 38.9 Å². The van der Waals surface area contributed by atoms with E-state index >= 15 is 0 Å². The molecule has 0 spiro atoms. The van der Waals surface area contributed by atoms with Crippen LogP contribution in [0.1, 0.15) is 34.6 Å². The van der Waals surface area contributed by atoms with E-state index in [4.69, 9.17) is 4.74 Å². The first kappa shape index (κ1) is 22.0. The van der Waals surface area contributed by atoms with Gasteiger partial charge >= 0.3 is 5.97 Å². The lowest BCUT2D eigenvalue weighted by molar-refractivity contribution is -0.127. The van der Waals surface area contributed by atoms with E-state index in [0.717, 1.165) is 23.5 Å². The number of anilines is 1. The predicted molar refractivity (Wildman–Crippen MR) is 111 cm³/mol. The number of benzene rings is 1. The number of methoxy groups -OCH3 is 1. The summed E-state index contributed by atoms with van der Waals surface area (Å²) >= 11 is 0.937. The van der Waals surface area contributed by atoms with Crippen LogP contribution in [0.2, 0.25) is 0 Å². The Labute approximate surface area is 178 Å². The van der Waals surface area contributed by atoms with Gasteiger partial charge in [-0.05, 0) is 50.1 Å². The van der Waals surface area contributed by atoms with E-state index < -0.39 is 21.8 Å². The van der Waals surface area contributed by atoms with E-state index in [1.807, 2.05) is 0 Å². The molecule has 0 saturated heterocycles. The number of rotatable bonds is 5. The largest absolute Gasteiger partial charge is 0.465 e. The molecule has 0 fully saturated rings. The minimum Gasteiger partial charge on any atom is -0.465 e. The van der Waals surface area contributed by atoms with Crippen molar-refractivity contribution in [2.75, 3.05) is 18.4 Å². The average Bonchev–Trinajstić information content (AvgIpc) is 3.13. The summed E-state index contributed by atoms with van der Waals surface area (Å²) in [6.45, 7) is 4.06. The number of halogens is 1. The molecule has 7 nitrogen and oxygen atoms in total. The number of hydrogen-bond donors (Lipinski definition) is 1. The molecule has 1 aliphatic rings. The van der Waals surface area contributed by atoms with Gasteiger partial charge in [-0.25, -0.2) is 17.6 Å². The molecule has 1 aliphatic heterocycles. The van der Waals surface area contributed by atoms with Crippen molar-refractivity contribution in [2.24, 2.45) is 0 Å². The second-order valence-corrected chi connectivity index (χ2v) is 9.70. The third-order valence-electron chi connectivity index (χ3n) is 4.81. The molecule has 1 amide bonds. The summed E-state index contributed by atoms with van der Waals surface area (Å²) in [5.41, 5.74) is 1.32. The van der Waals surface area contributed by atoms with Crippen molar-refractivity contribution in [3.63, 3.8) is 0 Å². The number of carbonyl (C=O) groups is 2. The number of fused-ring (bicyclic) bond motifs is 1. The van der Waals surface area contributed by atoms with Crippen molar-refractivity contribution in [1.29, 1.82) is 0 Å². The Hall–Kier alpha value is -2.72. The summed E-state index contributed by atoms with van der Waals surface area (Å²) in [7, 11) is -2.95. The first-order valence-corrected chi connectivity index (χ1v) is 11.4. The SMILES string of the molecule is C/C=C(\C)C(=O)N1CCc2c(sc(S(=O)(=O)Nc3ccc(F)cc3)c2C(=O)OC)C1. The Kier molecular flexibility index (Phi) is 6.27. The highest BCUT2D eigenvalue weighted by atomic mass is 32.2. The van der Waals surface area contributed by atoms with E-state index in [1.54, 1.807) is 24.8 Å². The molecule has 0 bridgehead atoms. The number of carbonyl (C=O) groups excluding carboxylic acids is 2. The Morgan fingerprint density at radius 3 is 2.53 bits per heavy atom. The quantitative estimate of drug-likeness (QED) is 0.555. The predicted octanol–water partition coefficient (Wildman–Crippen LogP) is 3.33. The molecule has 1 aromatic carbocycles. The number of nitrogens with zero attached hydrogens (tertiary/aromatic N) is 1. The van der Waals surface area contributed by atoms with Crippen LogP contribution in [0.5, 0.6) is 0 Å². The summed E-state index contributed by atoms with van der Waals surface area (Å²) in [4.78, 5) is 27.2. The van der Waals surface area contributed by atoms with Crippen LogP contribution in [0.15, 0.2) is 40.1 Å². The van der Waals surface area contributed by atoms with Gasteiger partial charge in [0.2, 0.25) is 5.91 Å². The lowest BCUT2D eigenvalue weighted by Crippen LogP contribution is -2.36. The van der Waals surface area contributed by atoms with Gasteiger partial charge in [0.15, 0.2) is 4.21 Å². The maximum atomic E-state index is 13.1. The van der Waals surface area contributed by atoms with Gasteiger partial charge in [0.05, 0.1) is 19.2 Å². The maximum absolute atomic E-state index is 13.1. The van der Waals surface area contributed by atoms with E-state index in [0.29, 0.717) is 29.0 Å². The highest BCUT2D eigenvalue weighted by molar-refractivity contribution is 7.94. The molecule has 1 aromatic heterocycles. The Bertz CT molecular complexity index is 1120. The molecule has 0 unspecified atom stereocenters. The summed E-state index contributed by atoms with van der Waals surface area (Å²) in [6.07, 6.45) is 2.06. The molecule has 0 radical (unpaired) electrons. The van der Waals surface area contributed by atoms with Crippen LogP contribution in [-0.2, 0) is 32.5 Å². The summed E-state index contributed by atoms with van der Waals surface area (Å²) in [5, 5.41) is 0. The van der Waals surface area contributed by atoms with Gasteiger partial charge in [-0.3, -0.25) is 9.52 Å². The van der Waals surface area contributed by atoms with Crippen LogP contribution >= 0.6 is 11.3 Å². The third-order valence-corrected chi connectivity index (χ3v) is 7.93. The second-order valence-electron chi connectivity index (χ2n) is 6.72. The van der Waals surface area contributed by atoms with E-state index in [2.05, 4.69) is 4.72 Å². The van der Waals surface area contributed by atoms with Crippen molar-refractivity contribution in [2.45, 2.75) is 31.0 Å². The number of ether oxygens (including phenoxy) is 1. The van der Waals surface area contributed by atoms with Crippen LogP contribution in [-0.4, -0.2) is 38.8 Å². The summed E-state index contributed by atoms with van der Waals surface area (Å²) < 4.78 is 46.2. The maximum Gasteiger partial charge on any atom is 0.340 e. The molecule has 160 valence electrons. The van der Waals surface area contributed by atoms with Crippen molar-refractivity contribution < 1.29 is 27.1 Å². The summed E-state index contributed by atoms with van der Waals surface area (Å²) in [6, 6.07) is 4.84. The summed E-state index contributed by atoms with van der Waals surface area (Å²) in [5.74, 6) is -1.39. The zero-order valence-corrected chi connectivity index (χ0v) is 18.3. The number of sulfonamides is 1. The lowest BCUT2D eigenvalue weighted by atomic mass is 10.0. The standard InChI is InChI=1S/C20H21FN2O5S2/c1-4-12(2)18(24)23-10-9-15-16(11-23)29-20(17(15)19(25)28-3)30(26,27)22-14-7-5-13(21)6-8-14/h4-8,22H,9-11H2,1-3H3/b12-4+. The third kappa shape index (κ3) is 4.24. The van der Waals surface area contributed by atoms with E-state index in [9.17, 15) is 22.4 Å². The van der Waals surface area contributed by atoms with Gasteiger partial charge in [-0.2, -0.15) is 0 Å². The minimum atomic E-state index is -4.13. The van der Waals surface area contributed by atoms with Crippen LogP contribution in [0.3, 0.4) is 0 Å². The van der Waals surface area contributed by atoms with Crippen LogP contribution in [0.4, 0.5) is 10.1 Å².